The van der Waals surface area contributed by atoms with Crippen LogP contribution in [0.25, 0.3) is 11.6 Å². The van der Waals surface area contributed by atoms with Gasteiger partial charge >= 0.3 is 11.7 Å². The van der Waals surface area contributed by atoms with Gasteiger partial charge in [0.15, 0.2) is 0 Å². The predicted molar refractivity (Wildman–Crippen MR) is 98.5 cm³/mol. The Balaban J connectivity index is 2.49. The number of carbonyl (C=O) groups excluding carboxylic acids is 1. The molecule has 7 nitrogen and oxygen atoms in total. The van der Waals surface area contributed by atoms with E-state index in [2.05, 4.69) is 10.9 Å². The summed E-state index contributed by atoms with van der Waals surface area (Å²) in [6.45, 7) is 4.24. The van der Waals surface area contributed by atoms with Crippen molar-refractivity contribution < 1.29 is 19.2 Å². The van der Waals surface area contributed by atoms with Crippen LogP contribution >= 0.6 is 11.8 Å². The first-order valence-corrected chi connectivity index (χ1v) is 8.62. The average Bonchev–Trinajstić information content (AvgIpc) is 2.58. The number of hydrogen-bond acceptors (Lipinski definition) is 5. The summed E-state index contributed by atoms with van der Waals surface area (Å²) in [6.07, 6.45) is 4.88. The molecule has 1 rings (SSSR count). The minimum absolute atomic E-state index is 0.0294. The van der Waals surface area contributed by atoms with Gasteiger partial charge in [-0.05, 0) is 37.6 Å². The number of esters is 1. The van der Waals surface area contributed by atoms with Crippen LogP contribution in [0.1, 0.15) is 19.4 Å². The maximum atomic E-state index is 11.8. The second-order valence-electron chi connectivity index (χ2n) is 5.16. The molecule has 0 saturated carbocycles. The van der Waals surface area contributed by atoms with E-state index in [1.165, 1.54) is 42.0 Å². The highest BCUT2D eigenvalue weighted by Gasteiger charge is 2.18. The zero-order valence-electron chi connectivity index (χ0n) is 14.0. The molecular weight excluding hydrogens is 342 g/mol. The number of nitro groups is 1. The summed E-state index contributed by atoms with van der Waals surface area (Å²) in [5.41, 5.74) is 10.5. The standard InChI is InChI=1S/C17H19N3O4S/c1-13(2)9-11-25-12-10-24-17(21)16(19-18)8-5-14-3-6-15(7-4-14)20(22)23/h3-9H,10-12H2,1-2H3/b8-5+. The highest BCUT2D eigenvalue weighted by Crippen LogP contribution is 2.12. The van der Waals surface area contributed by atoms with Gasteiger partial charge in [-0.2, -0.15) is 16.6 Å². The topological polar surface area (TPSA) is 106 Å². The molecule has 0 saturated heterocycles. The number of hydrogen-bond donors (Lipinski definition) is 0. The van der Waals surface area contributed by atoms with Crippen LogP contribution in [-0.4, -0.2) is 39.5 Å². The minimum atomic E-state index is -0.733. The number of nitrogens with zero attached hydrogens (tertiary/aromatic N) is 3. The molecule has 1 aromatic rings. The van der Waals surface area contributed by atoms with Gasteiger partial charge in [-0.1, -0.05) is 11.6 Å². The van der Waals surface area contributed by atoms with Crippen molar-refractivity contribution in [1.82, 2.24) is 0 Å². The van der Waals surface area contributed by atoms with Gasteiger partial charge < -0.3 is 10.3 Å². The molecule has 0 aliphatic heterocycles. The van der Waals surface area contributed by atoms with Gasteiger partial charge in [0.2, 0.25) is 0 Å². The summed E-state index contributed by atoms with van der Waals surface area (Å²) in [5, 5.41) is 10.6. The lowest BCUT2D eigenvalue weighted by molar-refractivity contribution is -0.384. The van der Waals surface area contributed by atoms with Crippen LogP contribution in [0, 0.1) is 10.1 Å². The Bertz CT molecular complexity index is 716. The third-order valence-electron chi connectivity index (χ3n) is 2.92. The van der Waals surface area contributed by atoms with Crippen molar-refractivity contribution in [2.45, 2.75) is 13.8 Å². The van der Waals surface area contributed by atoms with Gasteiger partial charge in [0.05, 0.1) is 4.92 Å². The van der Waals surface area contributed by atoms with Crippen LogP contribution < -0.4 is 0 Å². The molecule has 0 aliphatic carbocycles. The molecule has 0 atom stereocenters. The van der Waals surface area contributed by atoms with Gasteiger partial charge in [-0.15, -0.1) is 0 Å². The Morgan fingerprint density at radius 2 is 2.04 bits per heavy atom. The van der Waals surface area contributed by atoms with Gasteiger partial charge in [0.25, 0.3) is 5.69 Å². The largest absolute Gasteiger partial charge is 0.456 e. The molecule has 0 unspecified atom stereocenters. The highest BCUT2D eigenvalue weighted by molar-refractivity contribution is 7.99. The van der Waals surface area contributed by atoms with Crippen LogP contribution in [-0.2, 0) is 9.53 Å². The molecule has 0 radical (unpaired) electrons. The molecule has 0 amide bonds. The summed E-state index contributed by atoms with van der Waals surface area (Å²) in [4.78, 5) is 24.8. The van der Waals surface area contributed by atoms with E-state index in [1.807, 2.05) is 13.8 Å². The number of ether oxygens (including phenoxy) is 1. The van der Waals surface area contributed by atoms with E-state index in [9.17, 15) is 14.9 Å². The highest BCUT2D eigenvalue weighted by atomic mass is 32.2. The van der Waals surface area contributed by atoms with E-state index in [0.717, 1.165) is 5.75 Å². The number of thioether (sulfide) groups is 1. The minimum Gasteiger partial charge on any atom is -0.456 e. The predicted octanol–water partition coefficient (Wildman–Crippen LogP) is 3.52. The van der Waals surface area contributed by atoms with Crippen molar-refractivity contribution in [2.75, 3.05) is 18.1 Å². The second-order valence-corrected chi connectivity index (χ2v) is 6.31. The lowest BCUT2D eigenvalue weighted by atomic mass is 10.2. The third kappa shape index (κ3) is 8.10. The third-order valence-corrected chi connectivity index (χ3v) is 3.78. The zero-order chi connectivity index (χ0) is 18.7. The van der Waals surface area contributed by atoms with Crippen LogP contribution in [0.2, 0.25) is 0 Å². The fraction of sp³-hybridized carbons (Fsp3) is 0.294. The van der Waals surface area contributed by atoms with Crippen molar-refractivity contribution in [1.29, 1.82) is 0 Å². The molecule has 25 heavy (non-hydrogen) atoms. The Morgan fingerprint density at radius 3 is 2.60 bits per heavy atom. The van der Waals surface area contributed by atoms with E-state index in [0.29, 0.717) is 11.3 Å². The maximum absolute atomic E-state index is 11.8. The van der Waals surface area contributed by atoms with Crippen molar-refractivity contribution >= 4 is 35.2 Å². The summed E-state index contributed by atoms with van der Waals surface area (Å²) in [6, 6.07) is 5.73. The zero-order valence-corrected chi connectivity index (χ0v) is 14.9. The molecule has 8 heteroatoms. The first-order valence-electron chi connectivity index (χ1n) is 7.47. The fourth-order valence-electron chi connectivity index (χ4n) is 1.60. The summed E-state index contributed by atoms with van der Waals surface area (Å²) < 4.78 is 5.03. The molecule has 0 heterocycles. The Labute approximate surface area is 150 Å². The van der Waals surface area contributed by atoms with E-state index >= 15 is 0 Å². The van der Waals surface area contributed by atoms with Crippen molar-refractivity contribution in [3.63, 3.8) is 0 Å². The van der Waals surface area contributed by atoms with Crippen LogP contribution in [0.4, 0.5) is 5.69 Å². The fourth-order valence-corrected chi connectivity index (χ4v) is 2.42. The number of benzene rings is 1. The number of non-ortho nitro benzene ring substituents is 1. The molecule has 1 aromatic carbocycles. The number of allylic oxidation sites excluding steroid dienone is 1. The normalized spacial score (nSPS) is 10.2. The molecule has 0 spiro atoms. The van der Waals surface area contributed by atoms with Crippen molar-refractivity contribution in [3.05, 3.63) is 63.2 Å². The average molecular weight is 361 g/mol. The van der Waals surface area contributed by atoms with Crippen LogP contribution in [0.15, 0.2) is 42.0 Å². The molecule has 0 aromatic heterocycles. The lowest BCUT2D eigenvalue weighted by Crippen LogP contribution is -2.17. The SMILES string of the molecule is CC(C)=CCSCCOC(=O)C(/C=C/c1ccc([N+](=O)[O-])cc1)=[N+]=[N-]. The van der Waals surface area contributed by atoms with Crippen LogP contribution in [0.5, 0.6) is 0 Å². The monoisotopic (exact) mass is 361 g/mol. The summed E-state index contributed by atoms with van der Waals surface area (Å²) >= 11 is 1.63. The van der Waals surface area contributed by atoms with Gasteiger partial charge in [0, 0.05) is 29.7 Å². The van der Waals surface area contributed by atoms with E-state index in [1.54, 1.807) is 11.8 Å². The number of rotatable bonds is 9. The first-order chi connectivity index (χ1) is 11.9. The lowest BCUT2D eigenvalue weighted by Gasteiger charge is -2.00. The van der Waals surface area contributed by atoms with Crippen molar-refractivity contribution in [3.8, 4) is 0 Å². The Morgan fingerprint density at radius 1 is 1.36 bits per heavy atom. The maximum Gasteiger partial charge on any atom is 0.421 e. The molecule has 132 valence electrons. The Kier molecular flexibility index (Phi) is 8.92. The van der Waals surface area contributed by atoms with Crippen LogP contribution in [0.3, 0.4) is 0 Å². The smallest absolute Gasteiger partial charge is 0.421 e. The van der Waals surface area contributed by atoms with E-state index in [4.69, 9.17) is 10.3 Å². The van der Waals surface area contributed by atoms with Gasteiger partial charge in [-0.3, -0.25) is 10.1 Å². The molecule has 0 N–H and O–H groups in total. The molecular formula is C17H19N3O4S. The van der Waals surface area contributed by atoms with Gasteiger partial charge in [0.1, 0.15) is 6.61 Å². The van der Waals surface area contributed by atoms with Crippen molar-refractivity contribution in [2.24, 2.45) is 0 Å². The number of carbonyl (C=O) groups is 1. The quantitative estimate of drug-likeness (QED) is 0.0977. The summed E-state index contributed by atoms with van der Waals surface area (Å²) in [5.74, 6) is 0.754. The second kappa shape index (κ2) is 11.0. The molecule has 0 fully saturated rings. The molecule has 0 bridgehead atoms. The Hall–Kier alpha value is -2.70. The van der Waals surface area contributed by atoms with E-state index < -0.39 is 10.9 Å². The molecule has 0 aliphatic rings. The number of nitro benzene ring substituents is 1. The van der Waals surface area contributed by atoms with Gasteiger partial charge in [-0.25, -0.2) is 4.79 Å². The summed E-state index contributed by atoms with van der Waals surface area (Å²) in [7, 11) is 0. The van der Waals surface area contributed by atoms with E-state index in [-0.39, 0.29) is 18.0 Å². The first kappa shape index (κ1) is 20.3.